The summed E-state index contributed by atoms with van der Waals surface area (Å²) in [6.07, 6.45) is 1.10. The lowest BCUT2D eigenvalue weighted by Crippen LogP contribution is -2.09. The largest absolute Gasteiger partial charge is 0.331 e. The average molecular weight is 377 g/mol. The number of halogens is 1. The van der Waals surface area contributed by atoms with E-state index in [1.165, 1.54) is 17.4 Å². The molecule has 0 aliphatic rings. The van der Waals surface area contributed by atoms with Crippen molar-refractivity contribution in [1.82, 2.24) is 4.98 Å². The second-order valence-corrected chi connectivity index (χ2v) is 8.13. The molecule has 0 fully saturated rings. The topological polar surface area (TPSA) is 71.1 Å². The van der Waals surface area contributed by atoms with Gasteiger partial charge in [0.05, 0.1) is 11.9 Å². The maximum absolute atomic E-state index is 13.6. The molecular formula is C17H16FN3O2S2. The third-order valence-corrected chi connectivity index (χ3v) is 4.86. The average Bonchev–Trinajstić information content (AvgIpc) is 3.00. The highest BCUT2D eigenvalue weighted by molar-refractivity contribution is 7.92. The van der Waals surface area contributed by atoms with Gasteiger partial charge < -0.3 is 5.32 Å². The molecule has 0 atom stereocenters. The Balaban J connectivity index is 1.78. The van der Waals surface area contributed by atoms with Gasteiger partial charge in [-0.25, -0.2) is 17.8 Å². The van der Waals surface area contributed by atoms with Gasteiger partial charge in [-0.15, -0.1) is 11.3 Å². The fourth-order valence-corrected chi connectivity index (χ4v) is 3.54. The Morgan fingerprint density at radius 2 is 1.84 bits per heavy atom. The summed E-state index contributed by atoms with van der Waals surface area (Å²) < 4.78 is 38.5. The van der Waals surface area contributed by atoms with E-state index in [9.17, 15) is 12.8 Å². The molecule has 25 heavy (non-hydrogen) atoms. The van der Waals surface area contributed by atoms with Gasteiger partial charge in [-0.05, 0) is 31.2 Å². The number of thiazole rings is 1. The van der Waals surface area contributed by atoms with Crippen molar-refractivity contribution < 1.29 is 12.8 Å². The SMILES string of the molecule is Cc1c(F)cccc1Nc1nc(-c2ccc(NS(C)(=O)=O)cc2)cs1. The van der Waals surface area contributed by atoms with E-state index in [1.807, 2.05) is 5.38 Å². The highest BCUT2D eigenvalue weighted by Gasteiger charge is 2.09. The Kier molecular flexibility index (Phi) is 4.73. The Labute approximate surface area is 149 Å². The molecule has 3 rings (SSSR count). The molecule has 0 bridgehead atoms. The van der Waals surface area contributed by atoms with Gasteiger partial charge in [0.2, 0.25) is 10.0 Å². The molecule has 0 spiro atoms. The minimum absolute atomic E-state index is 0.268. The number of aromatic nitrogens is 1. The van der Waals surface area contributed by atoms with Crippen LogP contribution in [0.2, 0.25) is 0 Å². The zero-order valence-corrected chi connectivity index (χ0v) is 15.2. The van der Waals surface area contributed by atoms with Gasteiger partial charge in [-0.3, -0.25) is 4.72 Å². The highest BCUT2D eigenvalue weighted by Crippen LogP contribution is 2.29. The molecule has 0 amide bonds. The summed E-state index contributed by atoms with van der Waals surface area (Å²) in [6.45, 7) is 1.71. The molecule has 0 saturated heterocycles. The summed E-state index contributed by atoms with van der Waals surface area (Å²) in [7, 11) is -3.30. The van der Waals surface area contributed by atoms with Gasteiger partial charge in [0.15, 0.2) is 5.13 Å². The Morgan fingerprint density at radius 1 is 1.12 bits per heavy atom. The van der Waals surface area contributed by atoms with E-state index in [-0.39, 0.29) is 5.82 Å². The number of nitrogens with one attached hydrogen (secondary N) is 2. The first-order valence-corrected chi connectivity index (χ1v) is 10.1. The summed E-state index contributed by atoms with van der Waals surface area (Å²) in [5.74, 6) is -0.268. The van der Waals surface area contributed by atoms with Crippen molar-refractivity contribution in [2.24, 2.45) is 0 Å². The van der Waals surface area contributed by atoms with E-state index >= 15 is 0 Å². The molecule has 8 heteroatoms. The highest BCUT2D eigenvalue weighted by atomic mass is 32.2. The molecule has 1 heterocycles. The molecule has 2 aromatic carbocycles. The molecule has 0 radical (unpaired) electrons. The van der Waals surface area contributed by atoms with E-state index < -0.39 is 10.0 Å². The van der Waals surface area contributed by atoms with E-state index in [0.717, 1.165) is 17.5 Å². The van der Waals surface area contributed by atoms with E-state index in [0.29, 0.717) is 22.1 Å². The van der Waals surface area contributed by atoms with E-state index in [2.05, 4.69) is 15.0 Å². The van der Waals surface area contributed by atoms with Crippen molar-refractivity contribution in [3.63, 3.8) is 0 Å². The maximum Gasteiger partial charge on any atom is 0.229 e. The van der Waals surface area contributed by atoms with Crippen LogP contribution in [0, 0.1) is 12.7 Å². The molecule has 2 N–H and O–H groups in total. The van der Waals surface area contributed by atoms with Gasteiger partial charge in [0, 0.05) is 27.9 Å². The Hall–Kier alpha value is -2.45. The summed E-state index contributed by atoms with van der Waals surface area (Å²) in [5, 5.41) is 5.66. The minimum Gasteiger partial charge on any atom is -0.331 e. The number of nitrogens with zero attached hydrogens (tertiary/aromatic N) is 1. The summed E-state index contributed by atoms with van der Waals surface area (Å²) >= 11 is 1.41. The molecule has 0 aliphatic heterocycles. The van der Waals surface area contributed by atoms with Crippen LogP contribution < -0.4 is 10.0 Å². The molecular weight excluding hydrogens is 361 g/mol. The molecule has 0 saturated carbocycles. The van der Waals surface area contributed by atoms with Gasteiger partial charge in [0.1, 0.15) is 5.82 Å². The first-order chi connectivity index (χ1) is 11.8. The van der Waals surface area contributed by atoms with Crippen LogP contribution >= 0.6 is 11.3 Å². The summed E-state index contributed by atoms with van der Waals surface area (Å²) in [5.41, 5.74) is 3.33. The van der Waals surface area contributed by atoms with Crippen LogP contribution in [0.5, 0.6) is 0 Å². The predicted molar refractivity (Wildman–Crippen MR) is 100 cm³/mol. The minimum atomic E-state index is -3.30. The zero-order valence-electron chi connectivity index (χ0n) is 13.6. The van der Waals surface area contributed by atoms with Crippen molar-refractivity contribution in [2.45, 2.75) is 6.92 Å². The van der Waals surface area contributed by atoms with Gasteiger partial charge >= 0.3 is 0 Å². The smallest absolute Gasteiger partial charge is 0.229 e. The van der Waals surface area contributed by atoms with Crippen LogP contribution in [-0.4, -0.2) is 19.7 Å². The maximum atomic E-state index is 13.6. The van der Waals surface area contributed by atoms with Gasteiger partial charge in [-0.1, -0.05) is 18.2 Å². The second kappa shape index (κ2) is 6.81. The summed E-state index contributed by atoms with van der Waals surface area (Å²) in [4.78, 5) is 4.50. The zero-order chi connectivity index (χ0) is 18.0. The predicted octanol–water partition coefficient (Wildman–Crippen LogP) is 4.37. The van der Waals surface area contributed by atoms with Crippen LogP contribution in [0.15, 0.2) is 47.8 Å². The third kappa shape index (κ3) is 4.34. The number of sulfonamides is 1. The molecule has 3 aromatic rings. The quantitative estimate of drug-likeness (QED) is 0.692. The van der Waals surface area contributed by atoms with Crippen molar-refractivity contribution >= 4 is 37.9 Å². The lowest BCUT2D eigenvalue weighted by atomic mass is 10.1. The molecule has 5 nitrogen and oxygen atoms in total. The summed E-state index contributed by atoms with van der Waals surface area (Å²) in [6, 6.07) is 11.8. The number of hydrogen-bond donors (Lipinski definition) is 2. The van der Waals surface area contributed by atoms with Gasteiger partial charge in [0.25, 0.3) is 0 Å². The Bertz CT molecular complexity index is 999. The lowest BCUT2D eigenvalue weighted by Gasteiger charge is -2.07. The number of rotatable bonds is 5. The normalized spacial score (nSPS) is 11.3. The van der Waals surface area contributed by atoms with Crippen LogP contribution in [0.25, 0.3) is 11.3 Å². The number of anilines is 3. The lowest BCUT2D eigenvalue weighted by molar-refractivity contribution is 0.607. The van der Waals surface area contributed by atoms with Crippen LogP contribution in [0.4, 0.5) is 20.9 Å². The second-order valence-electron chi connectivity index (χ2n) is 5.53. The molecule has 130 valence electrons. The fourth-order valence-electron chi connectivity index (χ4n) is 2.24. The van der Waals surface area contributed by atoms with Crippen LogP contribution in [0.3, 0.4) is 0 Å². The van der Waals surface area contributed by atoms with E-state index in [4.69, 9.17) is 0 Å². The number of benzene rings is 2. The monoisotopic (exact) mass is 377 g/mol. The van der Waals surface area contributed by atoms with Crippen LogP contribution in [-0.2, 0) is 10.0 Å². The first kappa shape index (κ1) is 17.4. The molecule has 0 unspecified atom stereocenters. The molecule has 1 aromatic heterocycles. The van der Waals surface area contributed by atoms with Gasteiger partial charge in [-0.2, -0.15) is 0 Å². The van der Waals surface area contributed by atoms with Crippen molar-refractivity contribution in [3.8, 4) is 11.3 Å². The van der Waals surface area contributed by atoms with Crippen molar-refractivity contribution in [2.75, 3.05) is 16.3 Å². The first-order valence-electron chi connectivity index (χ1n) is 7.38. The number of hydrogen-bond acceptors (Lipinski definition) is 5. The Morgan fingerprint density at radius 3 is 2.52 bits per heavy atom. The van der Waals surface area contributed by atoms with Crippen molar-refractivity contribution in [3.05, 3.63) is 59.2 Å². The standard InChI is InChI=1S/C17H16FN3O2S2/c1-11-14(18)4-3-5-15(11)19-17-20-16(10-24-17)12-6-8-13(9-7-12)21-25(2,22)23/h3-10,21H,1-2H3,(H,19,20). The van der Waals surface area contributed by atoms with Crippen LogP contribution in [0.1, 0.15) is 5.56 Å². The fraction of sp³-hybridized carbons (Fsp3) is 0.118. The third-order valence-electron chi connectivity index (χ3n) is 3.50. The molecule has 0 aliphatic carbocycles. The van der Waals surface area contributed by atoms with Crippen molar-refractivity contribution in [1.29, 1.82) is 0 Å². The van der Waals surface area contributed by atoms with E-state index in [1.54, 1.807) is 43.3 Å².